The van der Waals surface area contributed by atoms with Crippen LogP contribution in [0.4, 0.5) is 10.5 Å². The molecule has 26 heavy (non-hydrogen) atoms. The second-order valence-electron chi connectivity index (χ2n) is 7.24. The normalized spacial score (nSPS) is 16.9. The van der Waals surface area contributed by atoms with Crippen LogP contribution in [0.3, 0.4) is 0 Å². The van der Waals surface area contributed by atoms with Crippen molar-refractivity contribution in [3.63, 3.8) is 0 Å². The lowest BCUT2D eigenvalue weighted by Gasteiger charge is -2.35. The van der Waals surface area contributed by atoms with E-state index >= 15 is 0 Å². The molecule has 1 fully saturated rings. The molecule has 1 saturated heterocycles. The third-order valence-corrected chi connectivity index (χ3v) is 4.91. The largest absolute Gasteiger partial charge is 0.339 e. The number of piperazine rings is 1. The van der Waals surface area contributed by atoms with E-state index in [4.69, 9.17) is 0 Å². The molecular formula is C19H26N4O3. The van der Waals surface area contributed by atoms with Crippen molar-refractivity contribution in [2.45, 2.75) is 32.7 Å². The van der Waals surface area contributed by atoms with Crippen molar-refractivity contribution < 1.29 is 14.4 Å². The topological polar surface area (TPSA) is 73.0 Å². The van der Waals surface area contributed by atoms with Gasteiger partial charge in [-0.05, 0) is 31.0 Å². The van der Waals surface area contributed by atoms with Crippen LogP contribution in [-0.2, 0) is 22.4 Å². The number of hydrogen-bond acceptors (Lipinski definition) is 3. The second-order valence-corrected chi connectivity index (χ2v) is 7.24. The van der Waals surface area contributed by atoms with Crippen LogP contribution in [0.1, 0.15) is 25.0 Å². The van der Waals surface area contributed by atoms with Crippen molar-refractivity contribution in [2.24, 2.45) is 0 Å². The fourth-order valence-electron chi connectivity index (χ4n) is 3.42. The number of nitrogens with zero attached hydrogens (tertiary/aromatic N) is 3. The first kappa shape index (κ1) is 18.2. The number of nitrogens with one attached hydrogen (secondary N) is 1. The fourth-order valence-corrected chi connectivity index (χ4v) is 3.42. The van der Waals surface area contributed by atoms with Crippen molar-refractivity contribution in [3.8, 4) is 0 Å². The van der Waals surface area contributed by atoms with Gasteiger partial charge in [0.1, 0.15) is 0 Å². The molecule has 4 amide bonds. The summed E-state index contributed by atoms with van der Waals surface area (Å²) in [5.74, 6) is 0.144. The molecule has 0 atom stereocenters. The molecule has 2 aliphatic rings. The highest BCUT2D eigenvalue weighted by Gasteiger charge is 2.26. The summed E-state index contributed by atoms with van der Waals surface area (Å²) in [6, 6.07) is 5.82. The lowest BCUT2D eigenvalue weighted by molar-refractivity contribution is -0.131. The molecule has 1 aromatic carbocycles. The molecule has 0 spiro atoms. The van der Waals surface area contributed by atoms with E-state index in [9.17, 15) is 14.4 Å². The van der Waals surface area contributed by atoms with E-state index in [0.717, 1.165) is 16.8 Å². The van der Waals surface area contributed by atoms with E-state index in [0.29, 0.717) is 39.0 Å². The predicted octanol–water partition coefficient (Wildman–Crippen LogP) is 1.01. The van der Waals surface area contributed by atoms with Crippen LogP contribution >= 0.6 is 0 Å². The Morgan fingerprint density at radius 3 is 2.42 bits per heavy atom. The van der Waals surface area contributed by atoms with E-state index in [-0.39, 0.29) is 23.9 Å². The average molecular weight is 358 g/mol. The van der Waals surface area contributed by atoms with Gasteiger partial charge in [0, 0.05) is 45.0 Å². The molecule has 0 saturated carbocycles. The van der Waals surface area contributed by atoms with Crippen LogP contribution in [0.25, 0.3) is 0 Å². The number of likely N-dealkylation sites (N-methyl/N-ethyl adjacent to an activating group) is 1. The maximum Gasteiger partial charge on any atom is 0.317 e. The number of rotatable bonds is 3. The van der Waals surface area contributed by atoms with Gasteiger partial charge in [0.15, 0.2) is 0 Å². The number of carbonyl (C=O) groups is 3. The zero-order chi connectivity index (χ0) is 18.8. The molecule has 0 radical (unpaired) electrons. The summed E-state index contributed by atoms with van der Waals surface area (Å²) in [6.45, 7) is 6.06. The zero-order valence-corrected chi connectivity index (χ0v) is 15.6. The van der Waals surface area contributed by atoms with Gasteiger partial charge in [0.25, 0.3) is 0 Å². The van der Waals surface area contributed by atoms with Crippen LogP contribution in [-0.4, -0.2) is 66.9 Å². The first-order valence-electron chi connectivity index (χ1n) is 9.06. The van der Waals surface area contributed by atoms with Gasteiger partial charge in [-0.15, -0.1) is 0 Å². The van der Waals surface area contributed by atoms with Crippen LogP contribution < -0.4 is 10.2 Å². The van der Waals surface area contributed by atoms with Gasteiger partial charge in [-0.2, -0.15) is 0 Å². The van der Waals surface area contributed by atoms with Crippen molar-refractivity contribution in [1.82, 2.24) is 15.1 Å². The molecule has 1 N–H and O–H groups in total. The van der Waals surface area contributed by atoms with Gasteiger partial charge in [0.05, 0.1) is 12.8 Å². The molecule has 2 heterocycles. The smallest absolute Gasteiger partial charge is 0.317 e. The van der Waals surface area contributed by atoms with Crippen molar-refractivity contribution in [2.75, 3.05) is 38.1 Å². The van der Waals surface area contributed by atoms with Gasteiger partial charge >= 0.3 is 6.03 Å². The highest BCUT2D eigenvalue weighted by atomic mass is 16.2. The highest BCUT2D eigenvalue weighted by molar-refractivity contribution is 6.01. The van der Waals surface area contributed by atoms with Crippen molar-refractivity contribution in [1.29, 1.82) is 0 Å². The fraction of sp³-hybridized carbons (Fsp3) is 0.526. The van der Waals surface area contributed by atoms with Gasteiger partial charge in [-0.25, -0.2) is 4.79 Å². The molecule has 0 bridgehead atoms. The molecule has 0 unspecified atom stereocenters. The molecule has 140 valence electrons. The Kier molecular flexibility index (Phi) is 5.15. The van der Waals surface area contributed by atoms with E-state index < -0.39 is 0 Å². The number of amides is 4. The number of benzene rings is 1. The summed E-state index contributed by atoms with van der Waals surface area (Å²) in [7, 11) is 1.77. The van der Waals surface area contributed by atoms with Gasteiger partial charge in [0.2, 0.25) is 11.8 Å². The van der Waals surface area contributed by atoms with Crippen LogP contribution in [0.15, 0.2) is 18.2 Å². The lowest BCUT2D eigenvalue weighted by atomic mass is 10.1. The molecule has 2 aliphatic heterocycles. The first-order valence-corrected chi connectivity index (χ1v) is 9.06. The van der Waals surface area contributed by atoms with E-state index in [2.05, 4.69) is 5.32 Å². The lowest BCUT2D eigenvalue weighted by Crippen LogP contribution is -2.54. The number of hydrogen-bond donors (Lipinski definition) is 1. The number of carbonyl (C=O) groups excluding carboxylic acids is 3. The minimum Gasteiger partial charge on any atom is -0.339 e. The van der Waals surface area contributed by atoms with Crippen LogP contribution in [0, 0.1) is 0 Å². The Bertz CT molecular complexity index is 723. The Labute approximate surface area is 153 Å². The number of fused-ring (bicyclic) bond motifs is 1. The Morgan fingerprint density at radius 1 is 1.12 bits per heavy atom. The first-order chi connectivity index (χ1) is 12.3. The van der Waals surface area contributed by atoms with Gasteiger partial charge in [-0.3, -0.25) is 9.59 Å². The summed E-state index contributed by atoms with van der Waals surface area (Å²) in [5, 5.41) is 2.88. The molecule has 1 aromatic rings. The SMILES string of the molecule is CC(C)NC(=O)N1CCN(C(=O)Cc2ccc3c(c2)CC(=O)N3C)CC1. The Morgan fingerprint density at radius 2 is 1.77 bits per heavy atom. The van der Waals surface area contributed by atoms with Crippen LogP contribution in [0.5, 0.6) is 0 Å². The standard InChI is InChI=1S/C19H26N4O3/c1-13(2)20-19(26)23-8-6-22(7-9-23)18(25)11-14-4-5-16-15(10-14)12-17(24)21(16)3/h4-5,10,13H,6-9,11-12H2,1-3H3,(H,20,26). The van der Waals surface area contributed by atoms with Gasteiger partial charge < -0.3 is 20.0 Å². The molecule has 0 aliphatic carbocycles. The van der Waals surface area contributed by atoms with Gasteiger partial charge in [-0.1, -0.05) is 12.1 Å². The minimum atomic E-state index is -0.0699. The third kappa shape index (κ3) is 3.81. The van der Waals surface area contributed by atoms with E-state index in [1.165, 1.54) is 0 Å². The second kappa shape index (κ2) is 7.35. The van der Waals surface area contributed by atoms with Crippen LogP contribution in [0.2, 0.25) is 0 Å². The maximum absolute atomic E-state index is 12.6. The number of anilines is 1. The van der Waals surface area contributed by atoms with E-state index in [1.807, 2.05) is 36.9 Å². The molecular weight excluding hydrogens is 332 g/mol. The summed E-state index contributed by atoms with van der Waals surface area (Å²) >= 11 is 0. The highest BCUT2D eigenvalue weighted by Crippen LogP contribution is 2.28. The number of urea groups is 1. The average Bonchev–Trinajstić information content (AvgIpc) is 2.88. The summed E-state index contributed by atoms with van der Waals surface area (Å²) in [5.41, 5.74) is 2.84. The zero-order valence-electron chi connectivity index (χ0n) is 15.6. The maximum atomic E-state index is 12.6. The summed E-state index contributed by atoms with van der Waals surface area (Å²) in [4.78, 5) is 41.6. The molecule has 7 heteroatoms. The summed E-state index contributed by atoms with van der Waals surface area (Å²) in [6.07, 6.45) is 0.723. The molecule has 3 rings (SSSR count). The summed E-state index contributed by atoms with van der Waals surface area (Å²) < 4.78 is 0. The third-order valence-electron chi connectivity index (χ3n) is 4.91. The molecule has 7 nitrogen and oxygen atoms in total. The Balaban J connectivity index is 1.55. The molecule has 0 aromatic heterocycles. The Hall–Kier alpha value is -2.57. The predicted molar refractivity (Wildman–Crippen MR) is 99.1 cm³/mol. The van der Waals surface area contributed by atoms with Crippen molar-refractivity contribution in [3.05, 3.63) is 29.3 Å². The monoisotopic (exact) mass is 358 g/mol. The quantitative estimate of drug-likeness (QED) is 0.876. The van der Waals surface area contributed by atoms with Crippen molar-refractivity contribution >= 4 is 23.5 Å². The van der Waals surface area contributed by atoms with E-state index in [1.54, 1.807) is 16.8 Å². The minimum absolute atomic E-state index is 0.0616.